The second kappa shape index (κ2) is 4.13. The summed E-state index contributed by atoms with van der Waals surface area (Å²) in [6, 6.07) is 12.8. The number of rotatable bonds is 1. The summed E-state index contributed by atoms with van der Waals surface area (Å²) in [5.41, 5.74) is 1.30. The molecule has 0 aromatic heterocycles. The first kappa shape index (κ1) is 9.71. The van der Waals surface area contributed by atoms with Gasteiger partial charge < -0.3 is 0 Å². The van der Waals surface area contributed by atoms with E-state index in [4.69, 9.17) is 0 Å². The molecule has 14 heavy (non-hydrogen) atoms. The minimum atomic E-state index is 1.30. The van der Waals surface area contributed by atoms with Crippen LogP contribution in [0.2, 0.25) is 0 Å². The Morgan fingerprint density at radius 2 is 1.86 bits per heavy atom. The van der Waals surface area contributed by atoms with Crippen molar-refractivity contribution in [2.45, 2.75) is 6.92 Å². The monoisotopic (exact) mass is 294 g/mol. The Hall–Kier alpha value is -0.830. The summed E-state index contributed by atoms with van der Waals surface area (Å²) >= 11 is 2.41. The minimum absolute atomic E-state index is 1.30. The first-order chi connectivity index (χ1) is 6.83. The average Bonchev–Trinajstić information content (AvgIpc) is 2.23. The lowest BCUT2D eigenvalue weighted by Gasteiger charge is -2.03. The van der Waals surface area contributed by atoms with Crippen LogP contribution < -0.4 is 0 Å². The van der Waals surface area contributed by atoms with Crippen LogP contribution in [0.3, 0.4) is 0 Å². The lowest BCUT2D eigenvalue weighted by molar-refractivity contribution is 1.64. The number of fused-ring (bicyclic) bond motifs is 1. The topological polar surface area (TPSA) is 0 Å². The van der Waals surface area contributed by atoms with Gasteiger partial charge >= 0.3 is 0 Å². The molecular weight excluding hydrogens is 283 g/mol. The van der Waals surface area contributed by atoms with Gasteiger partial charge in [0.25, 0.3) is 0 Å². The van der Waals surface area contributed by atoms with Crippen molar-refractivity contribution in [1.82, 2.24) is 0 Å². The Morgan fingerprint density at radius 3 is 2.64 bits per heavy atom. The Kier molecular flexibility index (Phi) is 2.87. The number of allylic oxidation sites excluding steroid dienone is 1. The molecule has 0 saturated carbocycles. The summed E-state index contributed by atoms with van der Waals surface area (Å²) in [7, 11) is 0. The van der Waals surface area contributed by atoms with Gasteiger partial charge in [0, 0.05) is 3.57 Å². The van der Waals surface area contributed by atoms with Crippen LogP contribution in [-0.4, -0.2) is 0 Å². The molecule has 0 spiro atoms. The van der Waals surface area contributed by atoms with Crippen molar-refractivity contribution in [3.8, 4) is 0 Å². The van der Waals surface area contributed by atoms with Crippen molar-refractivity contribution in [2.24, 2.45) is 0 Å². The van der Waals surface area contributed by atoms with Gasteiger partial charge in [0.2, 0.25) is 0 Å². The van der Waals surface area contributed by atoms with Crippen molar-refractivity contribution in [1.29, 1.82) is 0 Å². The van der Waals surface area contributed by atoms with Crippen molar-refractivity contribution in [2.75, 3.05) is 0 Å². The molecule has 0 unspecified atom stereocenters. The van der Waals surface area contributed by atoms with Crippen LogP contribution in [0.1, 0.15) is 12.5 Å². The second-order valence-corrected chi connectivity index (χ2v) is 4.27. The van der Waals surface area contributed by atoms with Crippen LogP contribution in [0.15, 0.2) is 42.5 Å². The number of halogens is 1. The molecule has 0 aliphatic rings. The minimum Gasteiger partial charge on any atom is -0.0870 e. The molecule has 0 N–H and O–H groups in total. The van der Waals surface area contributed by atoms with Gasteiger partial charge in [-0.3, -0.25) is 0 Å². The normalized spacial score (nSPS) is 11.3. The van der Waals surface area contributed by atoms with E-state index in [1.54, 1.807) is 0 Å². The number of hydrogen-bond donors (Lipinski definition) is 0. The van der Waals surface area contributed by atoms with Gasteiger partial charge in [0.05, 0.1) is 0 Å². The van der Waals surface area contributed by atoms with Gasteiger partial charge in [-0.05, 0) is 45.9 Å². The second-order valence-electron chi connectivity index (χ2n) is 3.19. The highest BCUT2D eigenvalue weighted by Crippen LogP contribution is 2.24. The molecule has 0 amide bonds. The van der Waals surface area contributed by atoms with Gasteiger partial charge in [-0.15, -0.1) is 0 Å². The third-order valence-electron chi connectivity index (χ3n) is 2.24. The van der Waals surface area contributed by atoms with Crippen molar-refractivity contribution in [3.63, 3.8) is 0 Å². The summed E-state index contributed by atoms with van der Waals surface area (Å²) in [6.45, 7) is 2.05. The summed E-state index contributed by atoms with van der Waals surface area (Å²) in [4.78, 5) is 0. The maximum Gasteiger partial charge on any atom is 0.0281 e. The lowest BCUT2D eigenvalue weighted by Crippen LogP contribution is -1.82. The average molecular weight is 294 g/mol. The smallest absolute Gasteiger partial charge is 0.0281 e. The zero-order chi connectivity index (χ0) is 9.97. The molecule has 0 nitrogen and oxygen atoms in total. The molecule has 1 heteroatoms. The predicted molar refractivity (Wildman–Crippen MR) is 71.4 cm³/mol. The molecule has 0 bridgehead atoms. The highest BCUT2D eigenvalue weighted by Gasteiger charge is 2.00. The van der Waals surface area contributed by atoms with Crippen molar-refractivity contribution >= 4 is 39.4 Å². The molecule has 0 heterocycles. The van der Waals surface area contributed by atoms with E-state index in [2.05, 4.69) is 71.1 Å². The van der Waals surface area contributed by atoms with Crippen LogP contribution in [0, 0.1) is 3.57 Å². The zero-order valence-corrected chi connectivity index (χ0v) is 10.2. The molecule has 2 rings (SSSR count). The molecule has 0 fully saturated rings. The first-order valence-corrected chi connectivity index (χ1v) is 5.71. The van der Waals surface area contributed by atoms with Gasteiger partial charge in [-0.25, -0.2) is 0 Å². The highest BCUT2D eigenvalue weighted by atomic mass is 127. The van der Waals surface area contributed by atoms with Gasteiger partial charge in [-0.1, -0.05) is 48.6 Å². The van der Waals surface area contributed by atoms with E-state index >= 15 is 0 Å². The predicted octanol–water partition coefficient (Wildman–Crippen LogP) is 4.48. The van der Waals surface area contributed by atoms with Crippen LogP contribution >= 0.6 is 22.6 Å². The van der Waals surface area contributed by atoms with Crippen molar-refractivity contribution in [3.05, 3.63) is 51.6 Å². The summed E-state index contributed by atoms with van der Waals surface area (Å²) in [5, 5.41) is 2.65. The Bertz CT molecular complexity index is 484. The van der Waals surface area contributed by atoms with E-state index in [1.165, 1.54) is 19.9 Å². The molecule has 0 aliphatic heterocycles. The maximum atomic E-state index is 2.41. The SMILES string of the molecule is C/C=C/c1ccc2ccccc2c1I. The fourth-order valence-corrected chi connectivity index (χ4v) is 2.41. The highest BCUT2D eigenvalue weighted by molar-refractivity contribution is 14.1. The van der Waals surface area contributed by atoms with Crippen molar-refractivity contribution < 1.29 is 0 Å². The lowest BCUT2D eigenvalue weighted by atomic mass is 10.1. The largest absolute Gasteiger partial charge is 0.0870 e. The third-order valence-corrected chi connectivity index (χ3v) is 3.44. The Morgan fingerprint density at radius 1 is 1.07 bits per heavy atom. The van der Waals surface area contributed by atoms with E-state index in [-0.39, 0.29) is 0 Å². The van der Waals surface area contributed by atoms with Crippen LogP contribution in [0.25, 0.3) is 16.8 Å². The molecule has 2 aromatic rings. The molecule has 0 atom stereocenters. The van der Waals surface area contributed by atoms with E-state index in [1.807, 2.05) is 6.92 Å². The summed E-state index contributed by atoms with van der Waals surface area (Å²) < 4.78 is 1.33. The van der Waals surface area contributed by atoms with E-state index < -0.39 is 0 Å². The number of hydrogen-bond acceptors (Lipinski definition) is 0. The molecule has 0 saturated heterocycles. The Labute approximate surface area is 97.8 Å². The Balaban J connectivity index is 2.75. The van der Waals surface area contributed by atoms with E-state index in [0.29, 0.717) is 0 Å². The first-order valence-electron chi connectivity index (χ1n) is 4.63. The molecular formula is C13H11I. The van der Waals surface area contributed by atoms with Crippen LogP contribution in [-0.2, 0) is 0 Å². The molecule has 0 radical (unpaired) electrons. The zero-order valence-electron chi connectivity index (χ0n) is 8.00. The van der Waals surface area contributed by atoms with Crippen LogP contribution in [0.5, 0.6) is 0 Å². The fraction of sp³-hybridized carbons (Fsp3) is 0.0769. The number of benzene rings is 2. The molecule has 0 aliphatic carbocycles. The van der Waals surface area contributed by atoms with Gasteiger partial charge in [0.15, 0.2) is 0 Å². The summed E-state index contributed by atoms with van der Waals surface area (Å²) in [5.74, 6) is 0. The molecule has 70 valence electrons. The standard InChI is InChI=1S/C13H11I/c1-2-5-11-9-8-10-6-3-4-7-12(10)13(11)14/h2-9H,1H3/b5-2+. The van der Waals surface area contributed by atoms with E-state index in [9.17, 15) is 0 Å². The van der Waals surface area contributed by atoms with Crippen LogP contribution in [0.4, 0.5) is 0 Å². The van der Waals surface area contributed by atoms with Gasteiger partial charge in [-0.2, -0.15) is 0 Å². The third kappa shape index (κ3) is 1.69. The van der Waals surface area contributed by atoms with E-state index in [0.717, 1.165) is 0 Å². The molecule has 2 aromatic carbocycles. The maximum absolute atomic E-state index is 2.41. The fourth-order valence-electron chi connectivity index (χ4n) is 1.56. The van der Waals surface area contributed by atoms with Gasteiger partial charge in [0.1, 0.15) is 0 Å². The summed E-state index contributed by atoms with van der Waals surface area (Å²) in [6.07, 6.45) is 4.22. The quantitative estimate of drug-likeness (QED) is 0.680.